The molecule has 0 unspecified atom stereocenters. The van der Waals surface area contributed by atoms with Gasteiger partial charge in [-0.25, -0.2) is 4.39 Å². The van der Waals surface area contributed by atoms with Gasteiger partial charge >= 0.3 is 0 Å². The fourth-order valence-electron chi connectivity index (χ4n) is 6.59. The molecule has 0 saturated heterocycles. The normalized spacial score (nSPS) is 53.4. The zero-order chi connectivity index (χ0) is 15.4. The van der Waals surface area contributed by atoms with Crippen LogP contribution in [0.5, 0.6) is 0 Å². The number of hydrogen-bond donors (Lipinski definition) is 0. The van der Waals surface area contributed by atoms with Crippen molar-refractivity contribution in [2.45, 2.75) is 85.7 Å². The number of halogens is 1. The molecular formula is C20H35F. The molecule has 0 N–H and O–H groups in total. The third-order valence-corrected chi connectivity index (χ3v) is 8.32. The fraction of sp³-hybridized carbons (Fsp3) is 1.00. The minimum absolute atomic E-state index is 0.0400. The molecule has 3 aliphatic carbocycles. The molecule has 3 fully saturated rings. The first kappa shape index (κ1) is 15.8. The van der Waals surface area contributed by atoms with Crippen LogP contribution in [-0.2, 0) is 0 Å². The Hall–Kier alpha value is -0.0700. The van der Waals surface area contributed by atoms with Crippen LogP contribution in [-0.4, -0.2) is 6.17 Å². The predicted molar refractivity (Wildman–Crippen MR) is 87.9 cm³/mol. The molecule has 0 radical (unpaired) electrons. The van der Waals surface area contributed by atoms with E-state index >= 15 is 0 Å². The van der Waals surface area contributed by atoms with Crippen molar-refractivity contribution in [2.24, 2.45) is 40.4 Å². The minimum atomic E-state index is -0.559. The van der Waals surface area contributed by atoms with E-state index < -0.39 is 6.17 Å². The second-order valence-corrected chi connectivity index (χ2v) is 9.59. The summed E-state index contributed by atoms with van der Waals surface area (Å²) >= 11 is 0. The van der Waals surface area contributed by atoms with Crippen LogP contribution in [0.3, 0.4) is 0 Å². The molecule has 0 heterocycles. The molecule has 0 spiro atoms. The third-order valence-electron chi connectivity index (χ3n) is 8.32. The van der Waals surface area contributed by atoms with Crippen LogP contribution in [0, 0.1) is 40.4 Å². The van der Waals surface area contributed by atoms with Crippen molar-refractivity contribution in [3.63, 3.8) is 0 Å². The molecule has 7 atom stereocenters. The SMILES string of the molecule is C[C@@H]1CC[C@@H](F)[C@@]2(C)CC[C@H]3[C@H](C)CC[C@@H](C[C@H]12)C3(C)C. The Labute approximate surface area is 131 Å². The van der Waals surface area contributed by atoms with Gasteiger partial charge in [-0.2, -0.15) is 0 Å². The van der Waals surface area contributed by atoms with E-state index in [9.17, 15) is 4.39 Å². The Morgan fingerprint density at radius 2 is 1.43 bits per heavy atom. The van der Waals surface area contributed by atoms with Gasteiger partial charge in [0.1, 0.15) is 6.17 Å². The summed E-state index contributed by atoms with van der Waals surface area (Å²) in [5.74, 6) is 3.78. The van der Waals surface area contributed by atoms with Crippen molar-refractivity contribution < 1.29 is 4.39 Å². The predicted octanol–water partition coefficient (Wildman–Crippen LogP) is 6.25. The molecule has 1 heteroatoms. The fourth-order valence-corrected chi connectivity index (χ4v) is 6.59. The standard InChI is InChI=1S/C20H35F/c1-13-6-8-15-12-17-14(2)7-9-18(21)20(17,5)11-10-16(13)19(15,3)4/h13-18H,6-12H2,1-5H3/t13-,14-,15+,16+,17-,18-,20+/m1/s1. The van der Waals surface area contributed by atoms with Gasteiger partial charge in [-0.15, -0.1) is 0 Å². The monoisotopic (exact) mass is 294 g/mol. The topological polar surface area (TPSA) is 0 Å². The van der Waals surface area contributed by atoms with E-state index in [0.717, 1.165) is 37.0 Å². The molecule has 0 aromatic carbocycles. The van der Waals surface area contributed by atoms with Gasteiger partial charge in [0.05, 0.1) is 0 Å². The lowest BCUT2D eigenvalue weighted by Crippen LogP contribution is -2.51. The Bertz CT molecular complexity index is 387. The zero-order valence-corrected chi connectivity index (χ0v) is 14.8. The maximum atomic E-state index is 14.9. The van der Waals surface area contributed by atoms with E-state index in [4.69, 9.17) is 0 Å². The van der Waals surface area contributed by atoms with Crippen LogP contribution in [0.1, 0.15) is 79.6 Å². The summed E-state index contributed by atoms with van der Waals surface area (Å²) < 4.78 is 14.9. The lowest BCUT2D eigenvalue weighted by atomic mass is 9.48. The molecular weight excluding hydrogens is 259 g/mol. The summed E-state index contributed by atoms with van der Waals surface area (Å²) in [6.45, 7) is 12.2. The second-order valence-electron chi connectivity index (χ2n) is 9.59. The average Bonchev–Trinajstić information content (AvgIpc) is 2.40. The van der Waals surface area contributed by atoms with Crippen LogP contribution in [0.25, 0.3) is 0 Å². The number of fused-ring (bicyclic) bond motifs is 3. The Morgan fingerprint density at radius 3 is 2.14 bits per heavy atom. The van der Waals surface area contributed by atoms with Gasteiger partial charge in [0.15, 0.2) is 0 Å². The molecule has 0 aromatic heterocycles. The summed E-state index contributed by atoms with van der Waals surface area (Å²) in [5.41, 5.74) is 0.420. The molecule has 2 bridgehead atoms. The Kier molecular flexibility index (Phi) is 3.94. The smallest absolute Gasteiger partial charge is 0.106 e. The summed E-state index contributed by atoms with van der Waals surface area (Å²) in [5, 5.41) is 0. The largest absolute Gasteiger partial charge is 0.247 e. The average molecular weight is 294 g/mol. The zero-order valence-electron chi connectivity index (χ0n) is 14.8. The van der Waals surface area contributed by atoms with Gasteiger partial charge in [0.2, 0.25) is 0 Å². The van der Waals surface area contributed by atoms with E-state index in [2.05, 4.69) is 34.6 Å². The highest BCUT2D eigenvalue weighted by Gasteiger charge is 2.53. The first-order valence-corrected chi connectivity index (χ1v) is 9.41. The van der Waals surface area contributed by atoms with E-state index in [0.29, 0.717) is 17.3 Å². The quantitative estimate of drug-likeness (QED) is 0.495. The highest BCUT2D eigenvalue weighted by Crippen LogP contribution is 2.60. The first-order chi connectivity index (χ1) is 9.76. The Balaban J connectivity index is 1.94. The molecule has 3 aliphatic rings. The van der Waals surface area contributed by atoms with E-state index in [1.807, 2.05) is 0 Å². The van der Waals surface area contributed by atoms with Crippen LogP contribution in [0.15, 0.2) is 0 Å². The molecule has 0 nitrogen and oxygen atoms in total. The van der Waals surface area contributed by atoms with Crippen molar-refractivity contribution in [1.29, 1.82) is 0 Å². The number of rotatable bonds is 0. The van der Waals surface area contributed by atoms with Crippen molar-refractivity contribution in [2.75, 3.05) is 0 Å². The van der Waals surface area contributed by atoms with Crippen molar-refractivity contribution in [1.82, 2.24) is 0 Å². The van der Waals surface area contributed by atoms with Gasteiger partial charge < -0.3 is 0 Å². The lowest BCUT2D eigenvalue weighted by molar-refractivity contribution is -0.0984. The van der Waals surface area contributed by atoms with E-state index in [1.165, 1.54) is 25.7 Å². The van der Waals surface area contributed by atoms with Crippen molar-refractivity contribution >= 4 is 0 Å². The molecule has 0 amide bonds. The maximum absolute atomic E-state index is 14.9. The van der Waals surface area contributed by atoms with E-state index in [1.54, 1.807) is 0 Å². The van der Waals surface area contributed by atoms with Gasteiger partial charge in [-0.05, 0) is 73.5 Å². The van der Waals surface area contributed by atoms with Crippen LogP contribution in [0.4, 0.5) is 4.39 Å². The van der Waals surface area contributed by atoms with Crippen LogP contribution >= 0.6 is 0 Å². The summed E-state index contributed by atoms with van der Waals surface area (Å²) in [6.07, 6.45) is 7.79. The maximum Gasteiger partial charge on any atom is 0.106 e. The van der Waals surface area contributed by atoms with Gasteiger partial charge in [0.25, 0.3) is 0 Å². The van der Waals surface area contributed by atoms with Crippen LogP contribution in [0.2, 0.25) is 0 Å². The van der Waals surface area contributed by atoms with Gasteiger partial charge in [-0.1, -0.05) is 41.0 Å². The van der Waals surface area contributed by atoms with Crippen LogP contribution < -0.4 is 0 Å². The Morgan fingerprint density at radius 1 is 0.810 bits per heavy atom. The minimum Gasteiger partial charge on any atom is -0.247 e. The van der Waals surface area contributed by atoms with E-state index in [-0.39, 0.29) is 5.41 Å². The third kappa shape index (κ3) is 2.38. The molecule has 21 heavy (non-hydrogen) atoms. The van der Waals surface area contributed by atoms with Crippen molar-refractivity contribution in [3.8, 4) is 0 Å². The first-order valence-electron chi connectivity index (χ1n) is 9.41. The van der Waals surface area contributed by atoms with Gasteiger partial charge in [-0.3, -0.25) is 0 Å². The molecule has 0 aliphatic heterocycles. The molecule has 3 rings (SSSR count). The molecule has 0 aromatic rings. The number of hydrogen-bond acceptors (Lipinski definition) is 0. The highest BCUT2D eigenvalue weighted by molar-refractivity contribution is 5.03. The van der Waals surface area contributed by atoms with Gasteiger partial charge in [0, 0.05) is 5.41 Å². The summed E-state index contributed by atoms with van der Waals surface area (Å²) in [7, 11) is 0. The highest BCUT2D eigenvalue weighted by atomic mass is 19.1. The summed E-state index contributed by atoms with van der Waals surface area (Å²) in [4.78, 5) is 0. The van der Waals surface area contributed by atoms with Crippen molar-refractivity contribution in [3.05, 3.63) is 0 Å². The molecule has 3 saturated carbocycles. The lowest BCUT2D eigenvalue weighted by Gasteiger charge is -2.57. The summed E-state index contributed by atoms with van der Waals surface area (Å²) in [6, 6.07) is 0. The molecule has 122 valence electrons. The second kappa shape index (κ2) is 5.24. The number of alkyl halides is 1.